The van der Waals surface area contributed by atoms with E-state index in [0.29, 0.717) is 22.7 Å². The van der Waals surface area contributed by atoms with Crippen molar-refractivity contribution >= 4 is 28.2 Å². The summed E-state index contributed by atoms with van der Waals surface area (Å²) in [5.74, 6) is -0.825. The zero-order chi connectivity index (χ0) is 14.5. The van der Waals surface area contributed by atoms with Gasteiger partial charge in [0.2, 0.25) is 0 Å². The molecule has 20 heavy (non-hydrogen) atoms. The van der Waals surface area contributed by atoms with E-state index < -0.39 is 5.91 Å². The number of hydrogen-bond donors (Lipinski definition) is 3. The third kappa shape index (κ3) is 3.23. The normalized spacial score (nSPS) is 10.2. The van der Waals surface area contributed by atoms with E-state index in [0.717, 1.165) is 12.0 Å². The fraction of sp³-hybridized carbons (Fsp3) is 0.143. The Kier molecular flexibility index (Phi) is 4.49. The van der Waals surface area contributed by atoms with Crippen LogP contribution in [0.4, 0.5) is 5.00 Å². The number of nitrogens with one attached hydrogen (secondary N) is 1. The van der Waals surface area contributed by atoms with E-state index in [1.807, 2.05) is 12.1 Å². The van der Waals surface area contributed by atoms with Crippen LogP contribution in [0.15, 0.2) is 35.7 Å². The van der Waals surface area contributed by atoms with Crippen LogP contribution < -0.4 is 16.8 Å². The SMILES string of the molecule is NCCc1ccc(C(=O)Nc2sccc2C(N)=O)cc1. The van der Waals surface area contributed by atoms with Gasteiger partial charge in [0, 0.05) is 5.56 Å². The van der Waals surface area contributed by atoms with Gasteiger partial charge in [-0.3, -0.25) is 9.59 Å². The molecule has 2 rings (SSSR count). The molecule has 1 aromatic heterocycles. The number of hydrogen-bond acceptors (Lipinski definition) is 4. The molecule has 0 saturated carbocycles. The van der Waals surface area contributed by atoms with Crippen LogP contribution in [-0.4, -0.2) is 18.4 Å². The van der Waals surface area contributed by atoms with Gasteiger partial charge in [-0.1, -0.05) is 12.1 Å². The largest absolute Gasteiger partial charge is 0.366 e. The molecule has 5 N–H and O–H groups in total. The number of rotatable bonds is 5. The van der Waals surface area contributed by atoms with Gasteiger partial charge >= 0.3 is 0 Å². The molecule has 1 aromatic carbocycles. The molecule has 0 aliphatic carbocycles. The number of thiophene rings is 1. The third-order valence-corrected chi connectivity index (χ3v) is 3.64. The Morgan fingerprint density at radius 2 is 1.85 bits per heavy atom. The molecule has 0 fully saturated rings. The van der Waals surface area contributed by atoms with E-state index in [-0.39, 0.29) is 5.91 Å². The van der Waals surface area contributed by atoms with Crippen molar-refractivity contribution in [2.75, 3.05) is 11.9 Å². The first kappa shape index (κ1) is 14.2. The lowest BCUT2D eigenvalue weighted by molar-refractivity contribution is 0.100. The fourth-order valence-corrected chi connectivity index (χ4v) is 2.55. The fourth-order valence-electron chi connectivity index (χ4n) is 1.76. The number of anilines is 1. The summed E-state index contributed by atoms with van der Waals surface area (Å²) in [6, 6.07) is 8.79. The van der Waals surface area contributed by atoms with Crippen molar-refractivity contribution in [2.45, 2.75) is 6.42 Å². The van der Waals surface area contributed by atoms with E-state index in [4.69, 9.17) is 11.5 Å². The second kappa shape index (κ2) is 6.31. The molecule has 2 amide bonds. The van der Waals surface area contributed by atoms with Gasteiger partial charge in [0.15, 0.2) is 0 Å². The summed E-state index contributed by atoms with van der Waals surface area (Å²) in [5.41, 5.74) is 12.6. The lowest BCUT2D eigenvalue weighted by Gasteiger charge is -2.05. The Balaban J connectivity index is 2.11. The van der Waals surface area contributed by atoms with Crippen molar-refractivity contribution in [2.24, 2.45) is 11.5 Å². The molecule has 6 heteroatoms. The lowest BCUT2D eigenvalue weighted by atomic mass is 10.1. The zero-order valence-corrected chi connectivity index (χ0v) is 11.6. The van der Waals surface area contributed by atoms with E-state index in [1.165, 1.54) is 11.3 Å². The first-order valence-corrected chi connectivity index (χ1v) is 6.97. The van der Waals surface area contributed by atoms with Crippen LogP contribution in [0.5, 0.6) is 0 Å². The maximum absolute atomic E-state index is 12.1. The molecule has 2 aromatic rings. The van der Waals surface area contributed by atoms with Gasteiger partial charge in [-0.25, -0.2) is 0 Å². The first-order chi connectivity index (χ1) is 9.61. The van der Waals surface area contributed by atoms with Gasteiger partial charge < -0.3 is 16.8 Å². The third-order valence-electron chi connectivity index (χ3n) is 2.81. The summed E-state index contributed by atoms with van der Waals surface area (Å²) < 4.78 is 0. The number of primary amides is 1. The molecule has 0 unspecified atom stereocenters. The number of carbonyl (C=O) groups is 2. The lowest BCUT2D eigenvalue weighted by Crippen LogP contribution is -2.16. The molecule has 104 valence electrons. The van der Waals surface area contributed by atoms with Crippen molar-refractivity contribution in [3.05, 3.63) is 52.4 Å². The summed E-state index contributed by atoms with van der Waals surface area (Å²) in [7, 11) is 0. The Morgan fingerprint density at radius 1 is 1.15 bits per heavy atom. The highest BCUT2D eigenvalue weighted by molar-refractivity contribution is 7.14. The van der Waals surface area contributed by atoms with E-state index in [9.17, 15) is 9.59 Å². The number of amides is 2. The van der Waals surface area contributed by atoms with Crippen LogP contribution in [0.3, 0.4) is 0 Å². The van der Waals surface area contributed by atoms with Gasteiger partial charge in [0.1, 0.15) is 5.00 Å². The van der Waals surface area contributed by atoms with Crippen LogP contribution in [0, 0.1) is 0 Å². The molecule has 0 atom stereocenters. The minimum atomic E-state index is -0.556. The van der Waals surface area contributed by atoms with E-state index in [2.05, 4.69) is 5.32 Å². The quantitative estimate of drug-likeness (QED) is 0.779. The van der Waals surface area contributed by atoms with Crippen molar-refractivity contribution in [1.82, 2.24) is 0 Å². The average Bonchev–Trinajstić information content (AvgIpc) is 2.88. The van der Waals surface area contributed by atoms with E-state index >= 15 is 0 Å². The van der Waals surface area contributed by atoms with Crippen LogP contribution in [0.1, 0.15) is 26.3 Å². The first-order valence-electron chi connectivity index (χ1n) is 6.09. The topological polar surface area (TPSA) is 98.2 Å². The van der Waals surface area contributed by atoms with Crippen LogP contribution in [0.25, 0.3) is 0 Å². The molecule has 0 aliphatic rings. The highest BCUT2D eigenvalue weighted by atomic mass is 32.1. The molecule has 1 heterocycles. The smallest absolute Gasteiger partial charge is 0.256 e. The highest BCUT2D eigenvalue weighted by Crippen LogP contribution is 2.23. The van der Waals surface area contributed by atoms with Gasteiger partial charge in [-0.2, -0.15) is 0 Å². The minimum absolute atomic E-state index is 0.269. The highest BCUT2D eigenvalue weighted by Gasteiger charge is 2.13. The Bertz CT molecular complexity index is 620. The molecule has 0 bridgehead atoms. The Hall–Kier alpha value is -2.18. The molecular formula is C14H15N3O2S. The molecule has 0 aliphatic heterocycles. The van der Waals surface area contributed by atoms with Gasteiger partial charge in [0.25, 0.3) is 11.8 Å². The second-order valence-corrected chi connectivity index (χ2v) is 5.13. The monoisotopic (exact) mass is 289 g/mol. The molecular weight excluding hydrogens is 274 g/mol. The van der Waals surface area contributed by atoms with Crippen LogP contribution in [0.2, 0.25) is 0 Å². The van der Waals surface area contributed by atoms with E-state index in [1.54, 1.807) is 23.6 Å². The van der Waals surface area contributed by atoms with Crippen molar-refractivity contribution in [3.63, 3.8) is 0 Å². The summed E-state index contributed by atoms with van der Waals surface area (Å²) in [6.45, 7) is 0.572. The van der Waals surface area contributed by atoms with Crippen molar-refractivity contribution in [1.29, 1.82) is 0 Å². The minimum Gasteiger partial charge on any atom is -0.366 e. The summed E-state index contributed by atoms with van der Waals surface area (Å²) in [5, 5.41) is 4.87. The molecule has 5 nitrogen and oxygen atoms in total. The van der Waals surface area contributed by atoms with Crippen LogP contribution >= 0.6 is 11.3 Å². The standard InChI is InChI=1S/C14H15N3O2S/c15-7-5-9-1-3-10(4-2-9)13(19)17-14-11(12(16)18)6-8-20-14/h1-4,6,8H,5,7,15H2,(H2,16,18)(H,17,19). The Morgan fingerprint density at radius 3 is 2.45 bits per heavy atom. The number of carbonyl (C=O) groups excluding carboxylic acids is 2. The zero-order valence-electron chi connectivity index (χ0n) is 10.8. The Labute approximate surface area is 120 Å². The van der Waals surface area contributed by atoms with Gasteiger partial charge in [-0.05, 0) is 42.1 Å². The second-order valence-electron chi connectivity index (χ2n) is 4.22. The van der Waals surface area contributed by atoms with Crippen molar-refractivity contribution < 1.29 is 9.59 Å². The summed E-state index contributed by atoms with van der Waals surface area (Å²) in [4.78, 5) is 23.3. The number of nitrogens with two attached hydrogens (primary N) is 2. The van der Waals surface area contributed by atoms with Crippen LogP contribution in [-0.2, 0) is 6.42 Å². The maximum atomic E-state index is 12.1. The molecule has 0 radical (unpaired) electrons. The van der Waals surface area contributed by atoms with Gasteiger partial charge in [0.05, 0.1) is 5.56 Å². The van der Waals surface area contributed by atoms with Gasteiger partial charge in [-0.15, -0.1) is 11.3 Å². The average molecular weight is 289 g/mol. The summed E-state index contributed by atoms with van der Waals surface area (Å²) >= 11 is 1.26. The predicted molar refractivity (Wildman–Crippen MR) is 80.0 cm³/mol. The van der Waals surface area contributed by atoms with Crippen molar-refractivity contribution in [3.8, 4) is 0 Å². The maximum Gasteiger partial charge on any atom is 0.256 e. The molecule has 0 saturated heterocycles. The molecule has 0 spiro atoms. The predicted octanol–water partition coefficient (Wildman–Crippen LogP) is 1.60. The number of benzene rings is 1. The summed E-state index contributed by atoms with van der Waals surface area (Å²) in [6.07, 6.45) is 0.776.